The Hall–Kier alpha value is -0.610. The van der Waals surface area contributed by atoms with Crippen LogP contribution in [0, 0.1) is 0 Å². The maximum absolute atomic E-state index is 5.65. The van der Waals surface area contributed by atoms with Crippen LogP contribution in [-0.2, 0) is 6.54 Å². The summed E-state index contributed by atoms with van der Waals surface area (Å²) in [5, 5.41) is 0.829. The van der Waals surface area contributed by atoms with E-state index in [9.17, 15) is 0 Å². The number of hydrogen-bond acceptors (Lipinski definition) is 4. The normalized spacial score (nSPS) is 19.4. The van der Waals surface area contributed by atoms with E-state index in [1.54, 1.807) is 0 Å². The summed E-state index contributed by atoms with van der Waals surface area (Å²) >= 11 is 1.40. The topological polar surface area (TPSA) is 42.1 Å². The summed E-state index contributed by atoms with van der Waals surface area (Å²) in [6, 6.07) is 2.00. The molecule has 0 aromatic carbocycles. The van der Waals surface area contributed by atoms with Gasteiger partial charge in [0.25, 0.3) is 0 Å². The molecule has 14 heavy (non-hydrogen) atoms. The second-order valence-electron chi connectivity index (χ2n) is 3.91. The minimum absolute atomic E-state index is 0.829. The summed E-state index contributed by atoms with van der Waals surface area (Å²) in [7, 11) is 0. The first kappa shape index (κ1) is 9.93. The lowest BCUT2D eigenvalue weighted by Crippen LogP contribution is -2.24. The highest BCUT2D eigenvalue weighted by Crippen LogP contribution is 2.16. The molecule has 1 saturated heterocycles. The lowest BCUT2D eigenvalue weighted by Gasteiger charge is -2.17. The molecule has 0 unspecified atom stereocenters. The van der Waals surface area contributed by atoms with Gasteiger partial charge in [0.2, 0.25) is 0 Å². The van der Waals surface area contributed by atoms with Crippen LogP contribution in [0.2, 0.25) is 0 Å². The van der Waals surface area contributed by atoms with Crippen molar-refractivity contribution in [3.63, 3.8) is 0 Å². The molecule has 0 atom stereocenters. The van der Waals surface area contributed by atoms with Crippen molar-refractivity contribution in [2.24, 2.45) is 0 Å². The predicted octanol–water partition coefficient (Wildman–Crippen LogP) is 2.10. The maximum Gasteiger partial charge on any atom is 0.107 e. The van der Waals surface area contributed by atoms with Gasteiger partial charge in [0.05, 0.1) is 5.69 Å². The highest BCUT2D eigenvalue weighted by Gasteiger charge is 2.10. The zero-order valence-corrected chi connectivity index (χ0v) is 9.22. The number of nitrogens with zero attached hydrogens (tertiary/aromatic N) is 2. The average Bonchev–Trinajstić information content (AvgIpc) is 2.43. The van der Waals surface area contributed by atoms with Crippen LogP contribution >= 0.6 is 11.5 Å². The lowest BCUT2D eigenvalue weighted by molar-refractivity contribution is 0.274. The van der Waals surface area contributed by atoms with Gasteiger partial charge in [-0.15, -0.1) is 0 Å². The number of aromatic nitrogens is 1. The Morgan fingerprint density at radius 3 is 2.57 bits per heavy atom. The van der Waals surface area contributed by atoms with E-state index in [2.05, 4.69) is 9.27 Å². The van der Waals surface area contributed by atoms with Crippen molar-refractivity contribution in [1.29, 1.82) is 0 Å². The fraction of sp³-hybridized carbons (Fsp3) is 0.700. The minimum Gasteiger partial charge on any atom is -0.389 e. The van der Waals surface area contributed by atoms with Crippen molar-refractivity contribution in [2.75, 3.05) is 18.8 Å². The SMILES string of the molecule is Nc1cc(CN2CCCCCC2)ns1. The third-order valence-corrected chi connectivity index (χ3v) is 3.32. The summed E-state index contributed by atoms with van der Waals surface area (Å²) in [4.78, 5) is 2.49. The van der Waals surface area contributed by atoms with Gasteiger partial charge < -0.3 is 5.73 Å². The molecule has 0 bridgehead atoms. The first-order valence-electron chi connectivity index (χ1n) is 5.28. The van der Waals surface area contributed by atoms with Gasteiger partial charge in [-0.3, -0.25) is 4.90 Å². The van der Waals surface area contributed by atoms with E-state index in [1.165, 1.54) is 50.3 Å². The number of anilines is 1. The smallest absolute Gasteiger partial charge is 0.107 e. The number of likely N-dealkylation sites (tertiary alicyclic amines) is 1. The average molecular weight is 211 g/mol. The fourth-order valence-electron chi connectivity index (χ4n) is 1.93. The molecule has 2 N–H and O–H groups in total. The molecule has 0 radical (unpaired) electrons. The van der Waals surface area contributed by atoms with Gasteiger partial charge in [-0.1, -0.05) is 12.8 Å². The summed E-state index contributed by atoms with van der Waals surface area (Å²) in [5.41, 5.74) is 6.79. The molecule has 0 spiro atoms. The molecular weight excluding hydrogens is 194 g/mol. The van der Waals surface area contributed by atoms with Crippen LogP contribution in [-0.4, -0.2) is 22.4 Å². The summed E-state index contributed by atoms with van der Waals surface area (Å²) in [5.74, 6) is 0. The number of nitrogens with two attached hydrogens (primary N) is 1. The Balaban J connectivity index is 1.89. The highest BCUT2D eigenvalue weighted by molar-refractivity contribution is 7.10. The van der Waals surface area contributed by atoms with Crippen molar-refractivity contribution in [3.05, 3.63) is 11.8 Å². The first-order chi connectivity index (χ1) is 6.84. The third-order valence-electron chi connectivity index (χ3n) is 2.66. The van der Waals surface area contributed by atoms with Crippen LogP contribution in [0.1, 0.15) is 31.4 Å². The molecule has 1 aromatic rings. The Bertz CT molecular complexity index is 277. The van der Waals surface area contributed by atoms with Crippen molar-refractivity contribution in [1.82, 2.24) is 9.27 Å². The molecule has 3 nitrogen and oxygen atoms in total. The Labute approximate surface area is 89.1 Å². The molecule has 0 amide bonds. The molecular formula is C10H17N3S. The van der Waals surface area contributed by atoms with E-state index in [0.717, 1.165) is 17.2 Å². The fourth-order valence-corrected chi connectivity index (χ4v) is 2.45. The van der Waals surface area contributed by atoms with Gasteiger partial charge >= 0.3 is 0 Å². The standard InChI is InChI=1S/C10H17N3S/c11-10-7-9(12-14-10)8-13-5-3-1-2-4-6-13/h7H,1-6,8,11H2. The van der Waals surface area contributed by atoms with Gasteiger partial charge in [-0.2, -0.15) is 4.37 Å². The van der Waals surface area contributed by atoms with Crippen LogP contribution < -0.4 is 5.73 Å². The van der Waals surface area contributed by atoms with Gasteiger partial charge in [-0.25, -0.2) is 0 Å². The quantitative estimate of drug-likeness (QED) is 0.814. The van der Waals surface area contributed by atoms with Gasteiger partial charge in [0, 0.05) is 6.54 Å². The minimum atomic E-state index is 0.829. The Kier molecular flexibility index (Phi) is 3.37. The molecule has 1 aromatic heterocycles. The maximum atomic E-state index is 5.65. The van der Waals surface area contributed by atoms with Crippen molar-refractivity contribution in [2.45, 2.75) is 32.2 Å². The second-order valence-corrected chi connectivity index (χ2v) is 4.75. The van der Waals surface area contributed by atoms with E-state index >= 15 is 0 Å². The van der Waals surface area contributed by atoms with Gasteiger partial charge in [-0.05, 0) is 43.5 Å². The lowest BCUT2D eigenvalue weighted by atomic mass is 10.2. The molecule has 0 aliphatic carbocycles. The van der Waals surface area contributed by atoms with Crippen LogP contribution in [0.3, 0.4) is 0 Å². The number of hydrogen-bond donors (Lipinski definition) is 1. The van der Waals surface area contributed by atoms with Crippen molar-refractivity contribution in [3.8, 4) is 0 Å². The summed E-state index contributed by atoms with van der Waals surface area (Å²) in [6.45, 7) is 3.42. The molecule has 1 fully saturated rings. The van der Waals surface area contributed by atoms with E-state index in [-0.39, 0.29) is 0 Å². The van der Waals surface area contributed by atoms with Crippen molar-refractivity contribution >= 4 is 16.5 Å². The molecule has 2 heterocycles. The number of rotatable bonds is 2. The largest absolute Gasteiger partial charge is 0.389 e. The third kappa shape index (κ3) is 2.69. The molecule has 2 rings (SSSR count). The van der Waals surface area contributed by atoms with E-state index in [1.807, 2.05) is 6.07 Å². The predicted molar refractivity (Wildman–Crippen MR) is 60.3 cm³/mol. The summed E-state index contributed by atoms with van der Waals surface area (Å²) in [6.07, 6.45) is 5.44. The molecule has 78 valence electrons. The van der Waals surface area contributed by atoms with E-state index in [4.69, 9.17) is 5.73 Å². The summed E-state index contributed by atoms with van der Waals surface area (Å²) < 4.78 is 4.32. The zero-order chi connectivity index (χ0) is 9.80. The van der Waals surface area contributed by atoms with E-state index < -0.39 is 0 Å². The van der Waals surface area contributed by atoms with Gasteiger partial charge in [0.15, 0.2) is 0 Å². The van der Waals surface area contributed by atoms with Crippen LogP contribution in [0.15, 0.2) is 6.07 Å². The molecule has 1 aliphatic heterocycles. The Morgan fingerprint density at radius 2 is 2.00 bits per heavy atom. The molecule has 0 saturated carbocycles. The van der Waals surface area contributed by atoms with Gasteiger partial charge in [0.1, 0.15) is 5.00 Å². The van der Waals surface area contributed by atoms with Crippen LogP contribution in [0.4, 0.5) is 5.00 Å². The molecule has 1 aliphatic rings. The van der Waals surface area contributed by atoms with Crippen molar-refractivity contribution < 1.29 is 0 Å². The second kappa shape index (κ2) is 4.75. The monoisotopic (exact) mass is 211 g/mol. The van der Waals surface area contributed by atoms with Crippen LogP contribution in [0.25, 0.3) is 0 Å². The van der Waals surface area contributed by atoms with E-state index in [0.29, 0.717) is 0 Å². The zero-order valence-electron chi connectivity index (χ0n) is 8.41. The number of nitrogen functional groups attached to an aromatic ring is 1. The molecule has 4 heteroatoms. The highest BCUT2D eigenvalue weighted by atomic mass is 32.1. The van der Waals surface area contributed by atoms with Crippen LogP contribution in [0.5, 0.6) is 0 Å². The Morgan fingerprint density at radius 1 is 1.29 bits per heavy atom. The first-order valence-corrected chi connectivity index (χ1v) is 6.05.